The van der Waals surface area contributed by atoms with E-state index in [1.165, 1.54) is 39.3 Å². The van der Waals surface area contributed by atoms with Crippen molar-refractivity contribution in [3.63, 3.8) is 0 Å². The molecule has 0 aromatic carbocycles. The molecule has 4 nitrogen and oxygen atoms in total. The first-order valence-electron chi connectivity index (χ1n) is 6.35. The number of hydrogen-bond donors (Lipinski definition) is 0. The second-order valence-corrected chi connectivity index (χ2v) is 18.2. The van der Waals surface area contributed by atoms with Crippen molar-refractivity contribution in [1.82, 2.24) is 0 Å². The van der Waals surface area contributed by atoms with Crippen molar-refractivity contribution in [3.05, 3.63) is 0 Å². The highest BCUT2D eigenvalue weighted by molar-refractivity contribution is 7.58. The summed E-state index contributed by atoms with van der Waals surface area (Å²) in [7, 11) is -10.6. The molecule has 22 heavy (non-hydrogen) atoms. The molecule has 0 aliphatic heterocycles. The molecule has 1 atom stereocenters. The molecule has 1 unspecified atom stereocenters. The summed E-state index contributed by atoms with van der Waals surface area (Å²) < 4.78 is 93.4. The second-order valence-electron chi connectivity index (χ2n) is 6.66. The molecule has 0 saturated heterocycles. The molecule has 12 heteroatoms. The fraction of sp³-hybridized carbons (Fsp3) is 1.00. The highest BCUT2D eigenvalue weighted by Crippen LogP contribution is 2.65. The van der Waals surface area contributed by atoms with Gasteiger partial charge in [0.05, 0.1) is 0 Å². The topological polar surface area (TPSA) is 44.8 Å². The van der Waals surface area contributed by atoms with Crippen LogP contribution < -0.4 is 0 Å². The third-order valence-corrected chi connectivity index (χ3v) is 9.66. The number of halogens is 5. The van der Waals surface area contributed by atoms with Gasteiger partial charge in [-0.15, -0.1) is 0 Å². The van der Waals surface area contributed by atoms with Gasteiger partial charge in [-0.05, 0) is 39.3 Å². The lowest BCUT2D eigenvalue weighted by Crippen LogP contribution is -2.49. The molecule has 0 amide bonds. The van der Waals surface area contributed by atoms with E-state index in [1.807, 2.05) is 0 Å². The van der Waals surface area contributed by atoms with Crippen LogP contribution in [0.15, 0.2) is 0 Å². The van der Waals surface area contributed by atoms with Gasteiger partial charge < -0.3 is 13.2 Å². The van der Waals surface area contributed by atoms with E-state index in [0.29, 0.717) is 7.11 Å². The van der Waals surface area contributed by atoms with Crippen LogP contribution in [0.25, 0.3) is 0 Å². The SMILES string of the molecule is COC(F)(F)C(C(F)(F)F)P(=O)(O[Si](C)(C)C)O[Si](C)(C)C. The second kappa shape index (κ2) is 6.60. The maximum Gasteiger partial charge on any atom is 0.411 e. The van der Waals surface area contributed by atoms with Crippen LogP contribution in [0.1, 0.15) is 0 Å². The maximum absolute atomic E-state index is 13.7. The monoisotopic (exact) mass is 388 g/mol. The van der Waals surface area contributed by atoms with Crippen molar-refractivity contribution in [2.24, 2.45) is 0 Å². The first-order chi connectivity index (χ1) is 9.34. The summed E-state index contributed by atoms with van der Waals surface area (Å²) >= 11 is 0. The fourth-order valence-corrected chi connectivity index (χ4v) is 9.82. The van der Waals surface area contributed by atoms with Crippen molar-refractivity contribution >= 4 is 24.2 Å². The number of ether oxygens (including phenoxy) is 1. The van der Waals surface area contributed by atoms with Gasteiger partial charge in [0.2, 0.25) is 5.66 Å². The Morgan fingerprint density at radius 2 is 1.18 bits per heavy atom. The van der Waals surface area contributed by atoms with E-state index >= 15 is 0 Å². The average Bonchev–Trinajstić information content (AvgIpc) is 2.06. The van der Waals surface area contributed by atoms with Crippen LogP contribution >= 0.6 is 7.60 Å². The molecule has 0 aliphatic carbocycles. The predicted octanol–water partition coefficient (Wildman–Crippen LogP) is 5.05. The molecule has 0 aromatic rings. The molecule has 0 saturated carbocycles. The Bertz CT molecular complexity index is 411. The van der Waals surface area contributed by atoms with Gasteiger partial charge in [0.25, 0.3) is 0 Å². The van der Waals surface area contributed by atoms with Crippen LogP contribution in [0.3, 0.4) is 0 Å². The van der Waals surface area contributed by atoms with Crippen molar-refractivity contribution in [3.8, 4) is 0 Å². The van der Waals surface area contributed by atoms with Crippen molar-refractivity contribution in [2.45, 2.75) is 57.2 Å². The molecular formula is C10H22F5O4PSi2. The zero-order valence-electron chi connectivity index (χ0n) is 13.5. The van der Waals surface area contributed by atoms with Crippen molar-refractivity contribution in [2.75, 3.05) is 7.11 Å². The van der Waals surface area contributed by atoms with Gasteiger partial charge in [-0.25, -0.2) is 0 Å². The minimum atomic E-state index is -5.52. The Hall–Kier alpha value is 0.194. The molecule has 0 spiro atoms. The Balaban J connectivity index is 6.15. The number of methoxy groups -OCH3 is 1. The molecule has 0 radical (unpaired) electrons. The lowest BCUT2D eigenvalue weighted by atomic mass is 10.4. The minimum Gasteiger partial charge on any atom is -0.351 e. The molecule has 0 bridgehead atoms. The summed E-state index contributed by atoms with van der Waals surface area (Å²) in [6.45, 7) is 8.62. The number of alkyl halides is 5. The normalized spacial score (nSPS) is 16.7. The van der Waals surface area contributed by atoms with Crippen LogP contribution in [0.4, 0.5) is 22.0 Å². The Morgan fingerprint density at radius 3 is 1.36 bits per heavy atom. The number of hydrogen-bond acceptors (Lipinski definition) is 4. The highest BCUT2D eigenvalue weighted by atomic mass is 31.2. The molecule has 0 aromatic heterocycles. The summed E-state index contributed by atoms with van der Waals surface area (Å²) in [5.41, 5.74) is -3.67. The molecule has 0 fully saturated rings. The summed E-state index contributed by atoms with van der Waals surface area (Å²) in [6, 6.07) is 0. The smallest absolute Gasteiger partial charge is 0.351 e. The first kappa shape index (κ1) is 22.2. The van der Waals surface area contributed by atoms with Crippen LogP contribution in [0, 0.1) is 0 Å². The maximum atomic E-state index is 13.7. The number of rotatable bonds is 7. The van der Waals surface area contributed by atoms with Gasteiger partial charge in [-0.2, -0.15) is 22.0 Å². The lowest BCUT2D eigenvalue weighted by Gasteiger charge is -2.38. The van der Waals surface area contributed by atoms with Gasteiger partial charge in [0.15, 0.2) is 16.6 Å². The summed E-state index contributed by atoms with van der Waals surface area (Å²) in [6.07, 6.45) is -10.2. The fourth-order valence-electron chi connectivity index (χ4n) is 1.55. The molecule has 0 N–H and O–H groups in total. The average molecular weight is 388 g/mol. The van der Waals surface area contributed by atoms with Crippen molar-refractivity contribution < 1.29 is 39.7 Å². The Morgan fingerprint density at radius 1 is 0.864 bits per heavy atom. The molecule has 0 heterocycles. The zero-order valence-corrected chi connectivity index (χ0v) is 16.4. The van der Waals surface area contributed by atoms with E-state index in [0.717, 1.165) is 0 Å². The standard InChI is InChI=1S/C10H22F5O4PSi2/c1-17-10(14,15)8(9(11,12)13)20(16,18-21(2,3)4)19-22(5,6)7/h8H,1-7H3. The van der Waals surface area contributed by atoms with Crippen LogP contribution in [0.2, 0.25) is 39.3 Å². The van der Waals surface area contributed by atoms with E-state index in [-0.39, 0.29) is 0 Å². The van der Waals surface area contributed by atoms with Gasteiger partial charge in [-0.1, -0.05) is 0 Å². The third kappa shape index (κ3) is 6.75. The largest absolute Gasteiger partial charge is 0.411 e. The van der Waals surface area contributed by atoms with Gasteiger partial charge >= 0.3 is 19.9 Å². The summed E-state index contributed by atoms with van der Waals surface area (Å²) in [4.78, 5) is 0. The Labute approximate surface area is 129 Å². The highest BCUT2D eigenvalue weighted by Gasteiger charge is 2.68. The Kier molecular flexibility index (Phi) is 6.66. The summed E-state index contributed by atoms with van der Waals surface area (Å²) in [5, 5.41) is 0. The predicted molar refractivity (Wildman–Crippen MR) is 78.3 cm³/mol. The molecule has 134 valence electrons. The molecular weight excluding hydrogens is 366 g/mol. The van der Waals surface area contributed by atoms with E-state index in [1.54, 1.807) is 0 Å². The quantitative estimate of drug-likeness (QED) is 0.348. The zero-order chi connectivity index (χ0) is 18.2. The lowest BCUT2D eigenvalue weighted by molar-refractivity contribution is -0.279. The first-order valence-corrected chi connectivity index (χ1v) is 14.8. The van der Waals surface area contributed by atoms with E-state index < -0.39 is 42.2 Å². The summed E-state index contributed by atoms with van der Waals surface area (Å²) in [5.74, 6) is 0. The van der Waals surface area contributed by atoms with Crippen LogP contribution in [-0.4, -0.2) is 41.7 Å². The third-order valence-electron chi connectivity index (χ3n) is 2.02. The van der Waals surface area contributed by atoms with E-state index in [2.05, 4.69) is 4.74 Å². The van der Waals surface area contributed by atoms with E-state index in [4.69, 9.17) is 8.43 Å². The van der Waals surface area contributed by atoms with Crippen LogP contribution in [-0.2, 0) is 17.7 Å². The molecule has 0 aliphatic rings. The van der Waals surface area contributed by atoms with Gasteiger partial charge in [0.1, 0.15) is 0 Å². The minimum absolute atomic E-state index is 0.409. The van der Waals surface area contributed by atoms with Gasteiger partial charge in [-0.3, -0.25) is 4.57 Å². The van der Waals surface area contributed by atoms with Gasteiger partial charge in [0, 0.05) is 7.11 Å². The molecule has 0 rings (SSSR count). The van der Waals surface area contributed by atoms with E-state index in [9.17, 15) is 26.5 Å². The van der Waals surface area contributed by atoms with Crippen LogP contribution in [0.5, 0.6) is 0 Å². The van der Waals surface area contributed by atoms with Crippen molar-refractivity contribution in [1.29, 1.82) is 0 Å².